The van der Waals surface area contributed by atoms with Crippen molar-refractivity contribution in [1.29, 1.82) is 0 Å². The number of likely N-dealkylation sites (tertiary alicyclic amines) is 1. The van der Waals surface area contributed by atoms with Crippen molar-refractivity contribution in [2.75, 3.05) is 36.4 Å². The Hall–Kier alpha value is -3.09. The summed E-state index contributed by atoms with van der Waals surface area (Å²) in [6.45, 7) is 3.54. The predicted octanol–water partition coefficient (Wildman–Crippen LogP) is 4.52. The molecule has 0 saturated carbocycles. The van der Waals surface area contributed by atoms with Gasteiger partial charge in [-0.25, -0.2) is 4.79 Å². The molecule has 2 amide bonds. The Kier molecular flexibility index (Phi) is 5.74. The summed E-state index contributed by atoms with van der Waals surface area (Å²) in [6, 6.07) is 14.1. The first-order valence-electron chi connectivity index (χ1n) is 11.5. The third-order valence-corrected chi connectivity index (χ3v) is 6.51. The minimum Gasteiger partial charge on any atom is -0.370 e. The molecule has 5 rings (SSSR count). The van der Waals surface area contributed by atoms with Crippen LogP contribution in [0.5, 0.6) is 0 Å². The smallest absolute Gasteiger partial charge is 0.321 e. The zero-order valence-electron chi connectivity index (χ0n) is 17.9. The Morgan fingerprint density at radius 2 is 1.71 bits per heavy atom. The first-order chi connectivity index (χ1) is 15.3. The molecule has 4 heterocycles. The number of nitrogens with zero attached hydrogens (tertiary/aromatic N) is 5. The molecule has 2 aliphatic heterocycles. The van der Waals surface area contributed by atoms with Crippen molar-refractivity contribution in [2.45, 2.75) is 44.4 Å². The van der Waals surface area contributed by atoms with Gasteiger partial charge in [0, 0.05) is 38.3 Å². The molecule has 2 aliphatic rings. The van der Waals surface area contributed by atoms with Gasteiger partial charge in [-0.1, -0.05) is 31.0 Å². The van der Waals surface area contributed by atoms with Crippen molar-refractivity contribution in [2.24, 2.45) is 0 Å². The van der Waals surface area contributed by atoms with Crippen LogP contribution in [-0.4, -0.2) is 51.7 Å². The SMILES string of the molecule is O=C(Nc1ccccc1N1CCCCCC1)N1CCCC(c2nnc3ccccn23)C1. The number of piperidine rings is 1. The fourth-order valence-corrected chi connectivity index (χ4v) is 4.87. The Morgan fingerprint density at radius 3 is 2.58 bits per heavy atom. The number of carbonyl (C=O) groups excluding carboxylic acids is 1. The van der Waals surface area contributed by atoms with E-state index >= 15 is 0 Å². The second kappa shape index (κ2) is 8.96. The molecule has 162 valence electrons. The molecule has 1 N–H and O–H groups in total. The normalized spacial score (nSPS) is 19.9. The Labute approximate surface area is 183 Å². The van der Waals surface area contributed by atoms with Crippen LogP contribution in [0.1, 0.15) is 50.3 Å². The number of aromatic nitrogens is 3. The van der Waals surface area contributed by atoms with Crippen molar-refractivity contribution < 1.29 is 4.79 Å². The molecule has 0 aliphatic carbocycles. The molecule has 0 radical (unpaired) electrons. The standard InChI is InChI=1S/C24H30N6O/c31-24(25-20-11-3-4-12-21(20)28-14-6-1-2-7-15-28)29-16-9-10-19(18-29)23-27-26-22-13-5-8-17-30(22)23/h3-5,8,11-13,17,19H,1-2,6-7,9-10,14-16,18H2,(H,25,31). The number of anilines is 2. The van der Waals surface area contributed by atoms with E-state index in [2.05, 4.69) is 32.5 Å². The van der Waals surface area contributed by atoms with Gasteiger partial charge in [-0.15, -0.1) is 10.2 Å². The first-order valence-corrected chi connectivity index (χ1v) is 11.5. The molecule has 0 bridgehead atoms. The third-order valence-electron chi connectivity index (χ3n) is 6.51. The molecule has 1 unspecified atom stereocenters. The van der Waals surface area contributed by atoms with Crippen LogP contribution in [-0.2, 0) is 0 Å². The van der Waals surface area contributed by atoms with Crippen LogP contribution in [0.15, 0.2) is 48.7 Å². The van der Waals surface area contributed by atoms with Crippen molar-refractivity contribution in [3.63, 3.8) is 0 Å². The highest BCUT2D eigenvalue weighted by Crippen LogP contribution is 2.30. The fourth-order valence-electron chi connectivity index (χ4n) is 4.87. The van der Waals surface area contributed by atoms with Crippen LogP contribution in [0.2, 0.25) is 0 Å². The average molecular weight is 419 g/mol. The number of carbonyl (C=O) groups is 1. The van der Waals surface area contributed by atoms with E-state index in [1.807, 2.05) is 45.8 Å². The number of fused-ring (bicyclic) bond motifs is 1. The zero-order chi connectivity index (χ0) is 21.0. The Morgan fingerprint density at radius 1 is 0.903 bits per heavy atom. The van der Waals surface area contributed by atoms with Crippen LogP contribution in [0.3, 0.4) is 0 Å². The lowest BCUT2D eigenvalue weighted by atomic mass is 9.97. The Balaban J connectivity index is 1.31. The van der Waals surface area contributed by atoms with Crippen LogP contribution in [0, 0.1) is 0 Å². The average Bonchev–Trinajstić information content (AvgIpc) is 3.06. The van der Waals surface area contributed by atoms with E-state index in [4.69, 9.17) is 0 Å². The van der Waals surface area contributed by atoms with Gasteiger partial charge in [0.1, 0.15) is 5.82 Å². The van der Waals surface area contributed by atoms with Gasteiger partial charge in [-0.2, -0.15) is 0 Å². The number of para-hydroxylation sites is 2. The summed E-state index contributed by atoms with van der Waals surface area (Å²) < 4.78 is 2.04. The maximum absolute atomic E-state index is 13.2. The van der Waals surface area contributed by atoms with E-state index in [1.165, 1.54) is 25.7 Å². The lowest BCUT2D eigenvalue weighted by Gasteiger charge is -2.33. The summed E-state index contributed by atoms with van der Waals surface area (Å²) in [4.78, 5) is 17.6. The molecule has 3 aromatic rings. The van der Waals surface area contributed by atoms with Gasteiger partial charge in [-0.3, -0.25) is 4.40 Å². The van der Waals surface area contributed by atoms with Gasteiger partial charge in [-0.05, 0) is 49.9 Å². The minimum absolute atomic E-state index is 0.0270. The van der Waals surface area contributed by atoms with Gasteiger partial charge >= 0.3 is 6.03 Å². The maximum Gasteiger partial charge on any atom is 0.321 e. The molecular formula is C24H30N6O. The number of amides is 2. The van der Waals surface area contributed by atoms with Gasteiger partial charge in [0.25, 0.3) is 0 Å². The molecule has 1 atom stereocenters. The molecule has 2 fully saturated rings. The second-order valence-electron chi connectivity index (χ2n) is 8.62. The molecule has 7 nitrogen and oxygen atoms in total. The van der Waals surface area contributed by atoms with E-state index in [0.717, 1.165) is 55.3 Å². The van der Waals surface area contributed by atoms with E-state index < -0.39 is 0 Å². The highest BCUT2D eigenvalue weighted by atomic mass is 16.2. The van der Waals surface area contributed by atoms with E-state index in [-0.39, 0.29) is 11.9 Å². The summed E-state index contributed by atoms with van der Waals surface area (Å²) in [5, 5.41) is 11.9. The summed E-state index contributed by atoms with van der Waals surface area (Å²) in [7, 11) is 0. The predicted molar refractivity (Wildman–Crippen MR) is 123 cm³/mol. The maximum atomic E-state index is 13.2. The van der Waals surface area contributed by atoms with Crippen LogP contribution >= 0.6 is 0 Å². The van der Waals surface area contributed by atoms with E-state index in [1.54, 1.807) is 0 Å². The summed E-state index contributed by atoms with van der Waals surface area (Å²) >= 11 is 0. The van der Waals surface area contributed by atoms with Crippen molar-refractivity contribution in [3.8, 4) is 0 Å². The fraction of sp³-hybridized carbons (Fsp3) is 0.458. The van der Waals surface area contributed by atoms with Crippen molar-refractivity contribution in [1.82, 2.24) is 19.5 Å². The minimum atomic E-state index is -0.0270. The van der Waals surface area contributed by atoms with Crippen molar-refractivity contribution in [3.05, 3.63) is 54.5 Å². The quantitative estimate of drug-likeness (QED) is 0.679. The second-order valence-corrected chi connectivity index (χ2v) is 8.62. The largest absolute Gasteiger partial charge is 0.370 e. The lowest BCUT2D eigenvalue weighted by molar-refractivity contribution is 0.191. The topological polar surface area (TPSA) is 65.8 Å². The monoisotopic (exact) mass is 418 g/mol. The van der Waals surface area contributed by atoms with Crippen molar-refractivity contribution >= 4 is 23.1 Å². The number of benzene rings is 1. The van der Waals surface area contributed by atoms with Gasteiger partial charge in [0.05, 0.1) is 11.4 Å². The third kappa shape index (κ3) is 4.22. The number of nitrogens with one attached hydrogen (secondary N) is 1. The van der Waals surface area contributed by atoms with E-state index in [9.17, 15) is 4.79 Å². The van der Waals surface area contributed by atoms with Crippen LogP contribution < -0.4 is 10.2 Å². The summed E-state index contributed by atoms with van der Waals surface area (Å²) in [6.07, 6.45) is 8.98. The highest BCUT2D eigenvalue weighted by molar-refractivity contribution is 5.93. The number of urea groups is 1. The summed E-state index contributed by atoms with van der Waals surface area (Å²) in [5.74, 6) is 1.14. The van der Waals surface area contributed by atoms with Crippen LogP contribution in [0.25, 0.3) is 5.65 Å². The zero-order valence-corrected chi connectivity index (χ0v) is 17.9. The first kappa shape index (κ1) is 19.8. The molecule has 0 spiro atoms. The van der Waals surface area contributed by atoms with Gasteiger partial charge < -0.3 is 15.1 Å². The molecule has 1 aromatic carbocycles. The molecule has 31 heavy (non-hydrogen) atoms. The number of hydrogen-bond donors (Lipinski definition) is 1. The van der Waals surface area contributed by atoms with Gasteiger partial charge in [0.15, 0.2) is 5.65 Å². The highest BCUT2D eigenvalue weighted by Gasteiger charge is 2.28. The number of pyridine rings is 1. The number of rotatable bonds is 3. The molecular weight excluding hydrogens is 388 g/mol. The summed E-state index contributed by atoms with van der Waals surface area (Å²) in [5.41, 5.74) is 2.89. The van der Waals surface area contributed by atoms with Crippen LogP contribution in [0.4, 0.5) is 16.2 Å². The molecule has 2 saturated heterocycles. The number of hydrogen-bond acceptors (Lipinski definition) is 4. The van der Waals surface area contributed by atoms with E-state index in [0.29, 0.717) is 6.54 Å². The molecule has 2 aromatic heterocycles. The van der Waals surface area contributed by atoms with Gasteiger partial charge in [0.2, 0.25) is 0 Å². The molecule has 7 heteroatoms. The lowest BCUT2D eigenvalue weighted by Crippen LogP contribution is -2.42. The Bertz CT molecular complexity index is 1040.